The van der Waals surface area contributed by atoms with Crippen molar-refractivity contribution in [3.63, 3.8) is 0 Å². The molecule has 0 aliphatic heterocycles. The lowest BCUT2D eigenvalue weighted by Gasteiger charge is -2.12. The van der Waals surface area contributed by atoms with Gasteiger partial charge in [0.2, 0.25) is 5.88 Å². The number of hydrogen-bond acceptors (Lipinski definition) is 3. The van der Waals surface area contributed by atoms with Crippen molar-refractivity contribution in [2.24, 2.45) is 4.99 Å². The molecule has 0 bridgehead atoms. The van der Waals surface area contributed by atoms with Crippen LogP contribution in [0.1, 0.15) is 25.0 Å². The lowest BCUT2D eigenvalue weighted by Crippen LogP contribution is -2.37. The van der Waals surface area contributed by atoms with Crippen LogP contribution in [0.3, 0.4) is 0 Å². The van der Waals surface area contributed by atoms with Crippen LogP contribution >= 0.6 is 0 Å². The second kappa shape index (κ2) is 9.55. The summed E-state index contributed by atoms with van der Waals surface area (Å²) < 4.78 is 5.54. The fourth-order valence-electron chi connectivity index (χ4n) is 2.20. The zero-order chi connectivity index (χ0) is 17.2. The summed E-state index contributed by atoms with van der Waals surface area (Å²) in [5, 5.41) is 6.61. The first-order valence-electron chi connectivity index (χ1n) is 8.27. The van der Waals surface area contributed by atoms with E-state index in [0.29, 0.717) is 12.4 Å². The predicted molar refractivity (Wildman–Crippen MR) is 98.3 cm³/mol. The Hall–Kier alpha value is -2.56. The van der Waals surface area contributed by atoms with Crippen LogP contribution in [0.4, 0.5) is 0 Å². The number of ether oxygens (including phenoxy) is 1. The fraction of sp³-hybridized carbons (Fsp3) is 0.368. The Balaban J connectivity index is 1.75. The van der Waals surface area contributed by atoms with Gasteiger partial charge in [-0.3, -0.25) is 4.99 Å². The second-order valence-corrected chi connectivity index (χ2v) is 5.76. The smallest absolute Gasteiger partial charge is 0.213 e. The summed E-state index contributed by atoms with van der Waals surface area (Å²) in [4.78, 5) is 8.54. The van der Waals surface area contributed by atoms with Gasteiger partial charge in [-0.1, -0.05) is 36.4 Å². The van der Waals surface area contributed by atoms with Crippen LogP contribution in [-0.4, -0.2) is 30.6 Å². The van der Waals surface area contributed by atoms with E-state index in [1.54, 1.807) is 7.05 Å². The monoisotopic (exact) mass is 326 g/mol. The van der Waals surface area contributed by atoms with Gasteiger partial charge in [-0.25, -0.2) is 4.98 Å². The highest BCUT2D eigenvalue weighted by atomic mass is 16.5. The molecule has 0 unspecified atom stereocenters. The molecule has 0 saturated heterocycles. The number of hydrogen-bond donors (Lipinski definition) is 2. The maximum absolute atomic E-state index is 5.54. The molecule has 5 heteroatoms. The Morgan fingerprint density at radius 3 is 2.50 bits per heavy atom. The maximum Gasteiger partial charge on any atom is 0.213 e. The first kappa shape index (κ1) is 17.8. The van der Waals surface area contributed by atoms with Crippen molar-refractivity contribution < 1.29 is 4.74 Å². The van der Waals surface area contributed by atoms with E-state index < -0.39 is 0 Å². The minimum atomic E-state index is 0.133. The van der Waals surface area contributed by atoms with Crippen LogP contribution in [0.5, 0.6) is 5.88 Å². The van der Waals surface area contributed by atoms with Gasteiger partial charge in [-0.05, 0) is 31.4 Å². The molecule has 0 atom stereocenters. The normalized spacial score (nSPS) is 11.4. The van der Waals surface area contributed by atoms with Crippen LogP contribution in [0, 0.1) is 0 Å². The van der Waals surface area contributed by atoms with Gasteiger partial charge in [-0.2, -0.15) is 0 Å². The number of nitrogens with one attached hydrogen (secondary N) is 2. The van der Waals surface area contributed by atoms with Gasteiger partial charge in [-0.15, -0.1) is 0 Å². The molecule has 1 aromatic heterocycles. The number of benzene rings is 1. The van der Waals surface area contributed by atoms with Crippen LogP contribution in [-0.2, 0) is 13.0 Å². The maximum atomic E-state index is 5.54. The zero-order valence-electron chi connectivity index (χ0n) is 14.6. The van der Waals surface area contributed by atoms with Crippen LogP contribution < -0.4 is 15.4 Å². The molecule has 2 N–H and O–H groups in total. The molecule has 0 aliphatic carbocycles. The Labute approximate surface area is 144 Å². The molecular weight excluding hydrogens is 300 g/mol. The standard InChI is InChI=1S/C19H26N4O/c1-15(2)24-18-10-9-17(13-22-18)14-23-19(20-3)21-12-11-16-7-5-4-6-8-16/h4-10,13,15H,11-12,14H2,1-3H3,(H2,20,21,23). The van der Waals surface area contributed by atoms with Crippen LogP contribution in [0.15, 0.2) is 53.7 Å². The van der Waals surface area contributed by atoms with E-state index in [9.17, 15) is 0 Å². The fourth-order valence-corrected chi connectivity index (χ4v) is 2.20. The van der Waals surface area contributed by atoms with Gasteiger partial charge < -0.3 is 15.4 Å². The van der Waals surface area contributed by atoms with E-state index in [0.717, 1.165) is 24.5 Å². The molecule has 1 heterocycles. The van der Waals surface area contributed by atoms with Crippen LogP contribution in [0.25, 0.3) is 0 Å². The summed E-state index contributed by atoms with van der Waals surface area (Å²) in [5.74, 6) is 1.44. The molecule has 128 valence electrons. The summed E-state index contributed by atoms with van der Waals surface area (Å²) in [5.41, 5.74) is 2.39. The van der Waals surface area contributed by atoms with Crippen molar-refractivity contribution >= 4 is 5.96 Å². The van der Waals surface area contributed by atoms with Crippen molar-refractivity contribution in [2.75, 3.05) is 13.6 Å². The second-order valence-electron chi connectivity index (χ2n) is 5.76. The van der Waals surface area contributed by atoms with E-state index in [2.05, 4.69) is 44.9 Å². The topological polar surface area (TPSA) is 58.5 Å². The largest absolute Gasteiger partial charge is 0.475 e. The number of pyridine rings is 1. The summed E-state index contributed by atoms with van der Waals surface area (Å²) in [6.45, 7) is 5.48. The molecule has 24 heavy (non-hydrogen) atoms. The van der Waals surface area contributed by atoms with E-state index in [-0.39, 0.29) is 6.10 Å². The lowest BCUT2D eigenvalue weighted by atomic mass is 10.1. The average molecular weight is 326 g/mol. The lowest BCUT2D eigenvalue weighted by molar-refractivity contribution is 0.232. The SMILES string of the molecule is CN=C(NCCc1ccccc1)NCc1ccc(OC(C)C)nc1. The molecule has 2 rings (SSSR count). The third kappa shape index (κ3) is 6.28. The number of aromatic nitrogens is 1. The molecule has 0 spiro atoms. The van der Waals surface area contributed by atoms with Crippen LogP contribution in [0.2, 0.25) is 0 Å². The van der Waals surface area contributed by atoms with Crippen molar-refractivity contribution in [3.05, 3.63) is 59.8 Å². The highest BCUT2D eigenvalue weighted by molar-refractivity contribution is 5.79. The Kier molecular flexibility index (Phi) is 7.08. The van der Waals surface area contributed by atoms with E-state index in [1.807, 2.05) is 38.2 Å². The van der Waals surface area contributed by atoms with Gasteiger partial charge in [0, 0.05) is 32.4 Å². The minimum Gasteiger partial charge on any atom is -0.475 e. The van der Waals surface area contributed by atoms with Gasteiger partial charge in [0.25, 0.3) is 0 Å². The first-order valence-corrected chi connectivity index (χ1v) is 8.27. The third-order valence-electron chi connectivity index (χ3n) is 3.39. The van der Waals surface area contributed by atoms with Gasteiger partial charge in [0.15, 0.2) is 5.96 Å². The number of aliphatic imine (C=N–C) groups is 1. The van der Waals surface area contributed by atoms with Gasteiger partial charge in [0.05, 0.1) is 6.10 Å². The summed E-state index contributed by atoms with van der Waals surface area (Å²) in [7, 11) is 1.77. The molecule has 5 nitrogen and oxygen atoms in total. The molecule has 0 fully saturated rings. The van der Waals surface area contributed by atoms with E-state index >= 15 is 0 Å². The van der Waals surface area contributed by atoms with E-state index in [1.165, 1.54) is 5.56 Å². The van der Waals surface area contributed by atoms with Crippen molar-refractivity contribution in [1.82, 2.24) is 15.6 Å². The molecule has 0 radical (unpaired) electrons. The average Bonchev–Trinajstić information content (AvgIpc) is 2.59. The molecule has 2 aromatic rings. The molecular formula is C19H26N4O. The molecule has 1 aromatic carbocycles. The highest BCUT2D eigenvalue weighted by Crippen LogP contribution is 2.09. The quantitative estimate of drug-likeness (QED) is 0.607. The molecule has 0 saturated carbocycles. The summed E-state index contributed by atoms with van der Waals surface area (Å²) in [6.07, 6.45) is 2.92. The van der Waals surface area contributed by atoms with Crippen molar-refractivity contribution in [2.45, 2.75) is 32.9 Å². The minimum absolute atomic E-state index is 0.133. The summed E-state index contributed by atoms with van der Waals surface area (Å²) in [6, 6.07) is 14.3. The number of rotatable bonds is 7. The molecule has 0 aliphatic rings. The number of guanidine groups is 1. The van der Waals surface area contributed by atoms with Crippen molar-refractivity contribution in [3.8, 4) is 5.88 Å². The third-order valence-corrected chi connectivity index (χ3v) is 3.39. The van der Waals surface area contributed by atoms with Gasteiger partial charge >= 0.3 is 0 Å². The molecule has 0 amide bonds. The predicted octanol–water partition coefficient (Wildman–Crippen LogP) is 2.78. The highest BCUT2D eigenvalue weighted by Gasteiger charge is 2.01. The van der Waals surface area contributed by atoms with Crippen molar-refractivity contribution in [1.29, 1.82) is 0 Å². The van der Waals surface area contributed by atoms with E-state index in [4.69, 9.17) is 4.74 Å². The number of nitrogens with zero attached hydrogens (tertiary/aromatic N) is 2. The van der Waals surface area contributed by atoms with Gasteiger partial charge in [0.1, 0.15) is 0 Å². The zero-order valence-corrected chi connectivity index (χ0v) is 14.6. The Morgan fingerprint density at radius 1 is 1.08 bits per heavy atom. The first-order chi connectivity index (χ1) is 11.7. The Morgan fingerprint density at radius 2 is 1.88 bits per heavy atom. The Bertz CT molecular complexity index is 624. The summed E-state index contributed by atoms with van der Waals surface area (Å²) >= 11 is 0.